The van der Waals surface area contributed by atoms with E-state index < -0.39 is 23.4 Å². The summed E-state index contributed by atoms with van der Waals surface area (Å²) >= 11 is 5.69. The maximum absolute atomic E-state index is 13.4. The topological polar surface area (TPSA) is 24.9 Å². The molecule has 0 atom stereocenters. The van der Waals surface area contributed by atoms with Crippen molar-refractivity contribution < 1.29 is 22.0 Å². The van der Waals surface area contributed by atoms with E-state index >= 15 is 0 Å². The number of halogens is 6. The molecule has 0 saturated heterocycles. The molecule has 0 spiro atoms. The summed E-state index contributed by atoms with van der Waals surface area (Å²) in [6, 6.07) is 3.72. The lowest BCUT2D eigenvalue weighted by Gasteiger charge is -2.11. The molecule has 1 aromatic heterocycles. The second-order valence-electron chi connectivity index (χ2n) is 4.14. The van der Waals surface area contributed by atoms with E-state index in [9.17, 15) is 22.0 Å². The van der Waals surface area contributed by atoms with Crippen molar-refractivity contribution in [2.45, 2.75) is 12.7 Å². The lowest BCUT2D eigenvalue weighted by Crippen LogP contribution is -2.08. The Morgan fingerprint density at radius 2 is 1.86 bits per heavy atom. The molecule has 0 bridgehead atoms. The molecule has 0 amide bonds. The molecule has 0 radical (unpaired) electrons. The van der Waals surface area contributed by atoms with Crippen molar-refractivity contribution in [1.29, 1.82) is 0 Å². The maximum atomic E-state index is 13.4. The molecule has 1 heterocycles. The molecule has 112 valence electrons. The molecule has 0 saturated carbocycles. The van der Waals surface area contributed by atoms with E-state index in [1.165, 1.54) is 6.07 Å². The number of nitrogens with one attached hydrogen (secondary N) is 1. The summed E-state index contributed by atoms with van der Waals surface area (Å²) < 4.78 is 63.4. The summed E-state index contributed by atoms with van der Waals surface area (Å²) in [5.41, 5.74) is -0.847. The minimum atomic E-state index is -4.54. The van der Waals surface area contributed by atoms with Crippen LogP contribution in [-0.4, -0.2) is 4.98 Å². The van der Waals surface area contributed by atoms with Gasteiger partial charge in [-0.15, -0.1) is 0 Å². The van der Waals surface area contributed by atoms with Gasteiger partial charge in [0.15, 0.2) is 0 Å². The van der Waals surface area contributed by atoms with Crippen LogP contribution in [0.5, 0.6) is 0 Å². The van der Waals surface area contributed by atoms with E-state index in [1.54, 1.807) is 0 Å². The smallest absolute Gasteiger partial charge is 0.365 e. The number of hydrogen-bond acceptors (Lipinski definition) is 2. The standard InChI is InChI=1S/C13H8ClF5N2/c14-10-3-8(13(17,18)19)6-21-12(10)20-5-7-1-2-9(15)4-11(7)16/h1-4,6H,5H2,(H,20,21). The molecule has 0 unspecified atom stereocenters. The molecule has 1 aromatic carbocycles. The van der Waals surface area contributed by atoms with Crippen molar-refractivity contribution in [3.63, 3.8) is 0 Å². The van der Waals surface area contributed by atoms with Crippen LogP contribution in [0, 0.1) is 11.6 Å². The van der Waals surface area contributed by atoms with Crippen molar-refractivity contribution in [3.05, 3.63) is 58.2 Å². The molecule has 0 aliphatic heterocycles. The number of hydrogen-bond donors (Lipinski definition) is 1. The van der Waals surface area contributed by atoms with E-state index in [-0.39, 0.29) is 22.9 Å². The van der Waals surface area contributed by atoms with Gasteiger partial charge in [-0.2, -0.15) is 13.2 Å². The van der Waals surface area contributed by atoms with Crippen LogP contribution in [-0.2, 0) is 12.7 Å². The lowest BCUT2D eigenvalue weighted by molar-refractivity contribution is -0.137. The fourth-order valence-electron chi connectivity index (χ4n) is 1.57. The predicted molar refractivity (Wildman–Crippen MR) is 67.9 cm³/mol. The van der Waals surface area contributed by atoms with Gasteiger partial charge in [-0.05, 0) is 12.1 Å². The molecular weight excluding hydrogens is 315 g/mol. The summed E-state index contributed by atoms with van der Waals surface area (Å²) in [6.45, 7) is -0.0931. The normalized spacial score (nSPS) is 11.5. The van der Waals surface area contributed by atoms with Crippen molar-refractivity contribution in [1.82, 2.24) is 4.98 Å². The molecule has 2 nitrogen and oxygen atoms in total. The highest BCUT2D eigenvalue weighted by Gasteiger charge is 2.31. The Hall–Kier alpha value is -1.89. The molecular formula is C13H8ClF5N2. The van der Waals surface area contributed by atoms with Gasteiger partial charge in [0.25, 0.3) is 0 Å². The summed E-state index contributed by atoms with van der Waals surface area (Å²) in [5.74, 6) is -1.51. The first-order valence-corrected chi connectivity index (χ1v) is 6.05. The number of rotatable bonds is 3. The molecule has 0 aliphatic rings. The van der Waals surface area contributed by atoms with Gasteiger partial charge in [-0.3, -0.25) is 0 Å². The quantitative estimate of drug-likeness (QED) is 0.832. The van der Waals surface area contributed by atoms with Gasteiger partial charge in [0, 0.05) is 24.4 Å². The third-order valence-electron chi connectivity index (χ3n) is 2.63. The maximum Gasteiger partial charge on any atom is 0.417 e. The average molecular weight is 323 g/mol. The summed E-state index contributed by atoms with van der Waals surface area (Å²) in [6.07, 6.45) is -3.92. The largest absolute Gasteiger partial charge is 0.417 e. The van der Waals surface area contributed by atoms with E-state index in [0.29, 0.717) is 12.3 Å². The Morgan fingerprint density at radius 1 is 1.14 bits per heavy atom. The second kappa shape index (κ2) is 5.85. The van der Waals surface area contributed by atoms with Gasteiger partial charge in [-0.1, -0.05) is 17.7 Å². The number of anilines is 1. The summed E-state index contributed by atoms with van der Waals surface area (Å²) in [4.78, 5) is 3.55. The van der Waals surface area contributed by atoms with E-state index in [0.717, 1.165) is 12.1 Å². The number of pyridine rings is 1. The number of benzene rings is 1. The summed E-state index contributed by atoms with van der Waals surface area (Å²) in [5, 5.41) is 2.35. The predicted octanol–water partition coefficient (Wildman–Crippen LogP) is 4.64. The molecule has 8 heteroatoms. The second-order valence-corrected chi connectivity index (χ2v) is 4.55. The van der Waals surface area contributed by atoms with Gasteiger partial charge >= 0.3 is 6.18 Å². The van der Waals surface area contributed by atoms with Crippen LogP contribution in [0.25, 0.3) is 0 Å². The highest BCUT2D eigenvalue weighted by Crippen LogP contribution is 2.32. The van der Waals surface area contributed by atoms with E-state index in [4.69, 9.17) is 11.6 Å². The molecule has 0 aliphatic carbocycles. The number of nitrogens with zero attached hydrogens (tertiary/aromatic N) is 1. The van der Waals surface area contributed by atoms with Gasteiger partial charge in [0.1, 0.15) is 17.5 Å². The molecule has 2 rings (SSSR count). The first-order valence-electron chi connectivity index (χ1n) is 5.68. The van der Waals surface area contributed by atoms with Crippen LogP contribution in [0.1, 0.15) is 11.1 Å². The zero-order valence-electron chi connectivity index (χ0n) is 10.3. The minimum Gasteiger partial charge on any atom is -0.365 e. The molecule has 1 N–H and O–H groups in total. The number of aromatic nitrogens is 1. The highest BCUT2D eigenvalue weighted by molar-refractivity contribution is 6.32. The first-order chi connectivity index (χ1) is 9.77. The van der Waals surface area contributed by atoms with Crippen LogP contribution in [0.3, 0.4) is 0 Å². The van der Waals surface area contributed by atoms with E-state index in [1.807, 2.05) is 0 Å². The fraction of sp³-hybridized carbons (Fsp3) is 0.154. The third-order valence-corrected chi connectivity index (χ3v) is 2.92. The van der Waals surface area contributed by atoms with Crippen molar-refractivity contribution in [2.75, 3.05) is 5.32 Å². The van der Waals surface area contributed by atoms with Gasteiger partial charge < -0.3 is 5.32 Å². The SMILES string of the molecule is Fc1ccc(CNc2ncc(C(F)(F)F)cc2Cl)c(F)c1. The van der Waals surface area contributed by atoms with Crippen LogP contribution >= 0.6 is 11.6 Å². The molecule has 2 aromatic rings. The minimum absolute atomic E-state index is 0.0200. The fourth-order valence-corrected chi connectivity index (χ4v) is 1.80. The first kappa shape index (κ1) is 15.5. The third kappa shape index (κ3) is 3.81. The van der Waals surface area contributed by atoms with Crippen LogP contribution < -0.4 is 5.32 Å². The van der Waals surface area contributed by atoms with Crippen molar-refractivity contribution in [3.8, 4) is 0 Å². The van der Waals surface area contributed by atoms with E-state index in [2.05, 4.69) is 10.3 Å². The van der Waals surface area contributed by atoms with Crippen LogP contribution in [0.15, 0.2) is 30.5 Å². The summed E-state index contributed by atoms with van der Waals surface area (Å²) in [7, 11) is 0. The Balaban J connectivity index is 2.13. The van der Waals surface area contributed by atoms with Crippen LogP contribution in [0.4, 0.5) is 27.8 Å². The highest BCUT2D eigenvalue weighted by atomic mass is 35.5. The zero-order valence-corrected chi connectivity index (χ0v) is 11.1. The monoisotopic (exact) mass is 322 g/mol. The Bertz CT molecular complexity index is 657. The number of alkyl halides is 3. The Kier molecular flexibility index (Phi) is 4.32. The lowest BCUT2D eigenvalue weighted by atomic mass is 10.2. The average Bonchev–Trinajstić information content (AvgIpc) is 2.38. The Morgan fingerprint density at radius 3 is 2.43 bits per heavy atom. The zero-order chi connectivity index (χ0) is 15.6. The van der Waals surface area contributed by atoms with Crippen molar-refractivity contribution in [2.24, 2.45) is 0 Å². The molecule has 21 heavy (non-hydrogen) atoms. The van der Waals surface area contributed by atoms with Crippen LogP contribution in [0.2, 0.25) is 5.02 Å². The Labute approximate surface area is 121 Å². The van der Waals surface area contributed by atoms with Gasteiger partial charge in [0.2, 0.25) is 0 Å². The van der Waals surface area contributed by atoms with Gasteiger partial charge in [-0.25, -0.2) is 13.8 Å². The van der Waals surface area contributed by atoms with Crippen molar-refractivity contribution >= 4 is 17.4 Å². The van der Waals surface area contributed by atoms with Gasteiger partial charge in [0.05, 0.1) is 10.6 Å². The molecule has 0 fully saturated rings.